The largest absolute Gasteiger partial charge is 0.367 e. The molecular formula is C26H28Cl4N2O3. The summed E-state index contributed by atoms with van der Waals surface area (Å²) in [6.45, 7) is 2.22. The molecule has 5 nitrogen and oxygen atoms in total. The first-order chi connectivity index (χ1) is 16.8. The molecule has 1 aliphatic rings. The van der Waals surface area contributed by atoms with Crippen LogP contribution in [0.1, 0.15) is 48.9 Å². The summed E-state index contributed by atoms with van der Waals surface area (Å²) in [7, 11) is 0. The van der Waals surface area contributed by atoms with E-state index < -0.39 is 23.0 Å². The van der Waals surface area contributed by atoms with Crippen LogP contribution in [0.25, 0.3) is 0 Å². The van der Waals surface area contributed by atoms with Crippen LogP contribution in [0.5, 0.6) is 0 Å². The van der Waals surface area contributed by atoms with Crippen molar-refractivity contribution in [2.24, 2.45) is 0 Å². The zero-order chi connectivity index (χ0) is 24.8. The minimum Gasteiger partial charge on any atom is -0.367 e. The molecule has 0 saturated carbocycles. The van der Waals surface area contributed by atoms with Gasteiger partial charge in [-0.2, -0.15) is 0 Å². The first kappa shape index (κ1) is 26.7. The second kappa shape index (κ2) is 12.3. The lowest BCUT2D eigenvalue weighted by molar-refractivity contribution is -0.232. The van der Waals surface area contributed by atoms with E-state index in [2.05, 4.69) is 4.98 Å². The summed E-state index contributed by atoms with van der Waals surface area (Å²) in [5.41, 5.74) is 1.48. The zero-order valence-electron chi connectivity index (χ0n) is 19.3. The van der Waals surface area contributed by atoms with Crippen LogP contribution < -0.4 is 0 Å². The third-order valence-corrected chi connectivity index (χ3v) is 7.02. The standard InChI is InChI=1S/C26H28Cl4N2O3/c1-26(30,15-18-5-9-20(27)10-6-18)35-23-4-2-3-22(34-23)16-33-24(19-7-11-21(28)12-8-19)25(29)32-14-13-31-17-32/h5-14,17,22-25H,2-4,15-16H2,1H3. The highest BCUT2D eigenvalue weighted by atomic mass is 35.5. The molecule has 0 bridgehead atoms. The Labute approximate surface area is 226 Å². The van der Waals surface area contributed by atoms with E-state index in [1.54, 1.807) is 12.5 Å². The van der Waals surface area contributed by atoms with Crippen LogP contribution in [-0.4, -0.2) is 33.6 Å². The van der Waals surface area contributed by atoms with Crippen molar-refractivity contribution in [3.05, 3.63) is 88.4 Å². The van der Waals surface area contributed by atoms with Crippen LogP contribution in [0.2, 0.25) is 10.0 Å². The Balaban J connectivity index is 1.36. The first-order valence-corrected chi connectivity index (χ1v) is 13.1. The van der Waals surface area contributed by atoms with E-state index in [9.17, 15) is 0 Å². The third-order valence-electron chi connectivity index (χ3n) is 5.84. The molecule has 0 amide bonds. The molecule has 9 heteroatoms. The summed E-state index contributed by atoms with van der Waals surface area (Å²) < 4.78 is 20.5. The molecule has 3 aromatic rings. The fourth-order valence-electron chi connectivity index (χ4n) is 4.12. The monoisotopic (exact) mass is 556 g/mol. The van der Waals surface area contributed by atoms with Gasteiger partial charge in [-0.3, -0.25) is 0 Å². The van der Waals surface area contributed by atoms with E-state index in [-0.39, 0.29) is 6.10 Å². The summed E-state index contributed by atoms with van der Waals surface area (Å²) in [5, 5.41) is 0.434. The number of aromatic nitrogens is 2. The number of alkyl halides is 2. The fraction of sp³-hybridized carbons (Fsp3) is 0.423. The molecule has 5 atom stereocenters. The van der Waals surface area contributed by atoms with E-state index in [0.717, 1.165) is 30.4 Å². The van der Waals surface area contributed by atoms with Gasteiger partial charge in [0, 0.05) is 28.9 Å². The molecule has 1 aliphatic heterocycles. The highest BCUT2D eigenvalue weighted by Gasteiger charge is 2.32. The normalized spacial score (nSPS) is 21.9. The average Bonchev–Trinajstić information content (AvgIpc) is 3.37. The van der Waals surface area contributed by atoms with Crippen molar-refractivity contribution in [2.75, 3.05) is 6.61 Å². The summed E-state index contributed by atoms with van der Waals surface area (Å²) in [6.07, 6.45) is 7.31. The van der Waals surface area contributed by atoms with Crippen molar-refractivity contribution in [2.45, 2.75) is 61.7 Å². The van der Waals surface area contributed by atoms with Crippen molar-refractivity contribution in [3.63, 3.8) is 0 Å². The van der Waals surface area contributed by atoms with Gasteiger partial charge in [0.25, 0.3) is 0 Å². The van der Waals surface area contributed by atoms with Gasteiger partial charge in [0.15, 0.2) is 6.29 Å². The Morgan fingerprint density at radius 1 is 1.09 bits per heavy atom. The SMILES string of the molecule is CC(Cl)(Cc1ccc(Cl)cc1)OC1CCCC(COC(c2ccc(Cl)cc2)C(Cl)n2ccnc2)O1. The minimum absolute atomic E-state index is 0.141. The molecule has 2 aromatic carbocycles. The molecule has 5 unspecified atom stereocenters. The van der Waals surface area contributed by atoms with Crippen molar-refractivity contribution >= 4 is 46.4 Å². The Morgan fingerprint density at radius 2 is 1.77 bits per heavy atom. The topological polar surface area (TPSA) is 45.5 Å². The molecule has 0 radical (unpaired) electrons. The molecule has 1 saturated heterocycles. The maximum absolute atomic E-state index is 6.78. The van der Waals surface area contributed by atoms with Crippen LogP contribution in [0, 0.1) is 0 Å². The van der Waals surface area contributed by atoms with Crippen molar-refractivity contribution < 1.29 is 14.2 Å². The van der Waals surface area contributed by atoms with Crippen molar-refractivity contribution in [1.29, 1.82) is 0 Å². The van der Waals surface area contributed by atoms with E-state index in [4.69, 9.17) is 60.6 Å². The van der Waals surface area contributed by atoms with Crippen LogP contribution >= 0.6 is 46.4 Å². The Hall–Kier alpha value is -1.31. The highest BCUT2D eigenvalue weighted by molar-refractivity contribution is 6.30. The number of benzene rings is 2. The second-order valence-electron chi connectivity index (χ2n) is 8.83. The predicted molar refractivity (Wildman–Crippen MR) is 140 cm³/mol. The van der Waals surface area contributed by atoms with Gasteiger partial charge in [-0.15, -0.1) is 0 Å². The number of rotatable bonds is 10. The van der Waals surface area contributed by atoms with Gasteiger partial charge >= 0.3 is 0 Å². The quantitative estimate of drug-likeness (QED) is 0.238. The lowest BCUT2D eigenvalue weighted by Crippen LogP contribution is -2.38. The maximum atomic E-state index is 6.78. The predicted octanol–water partition coefficient (Wildman–Crippen LogP) is 7.79. The van der Waals surface area contributed by atoms with E-state index in [1.807, 2.05) is 66.2 Å². The molecule has 35 heavy (non-hydrogen) atoms. The van der Waals surface area contributed by atoms with Gasteiger partial charge in [0.2, 0.25) is 0 Å². The van der Waals surface area contributed by atoms with Gasteiger partial charge in [0.1, 0.15) is 16.7 Å². The van der Waals surface area contributed by atoms with Crippen molar-refractivity contribution in [1.82, 2.24) is 9.55 Å². The molecule has 1 fully saturated rings. The van der Waals surface area contributed by atoms with Crippen LogP contribution in [-0.2, 0) is 20.6 Å². The van der Waals surface area contributed by atoms with Gasteiger partial charge in [0.05, 0.1) is 19.0 Å². The summed E-state index contributed by atoms with van der Waals surface area (Å²) >= 11 is 25.6. The number of hydrogen-bond donors (Lipinski definition) is 0. The Kier molecular flexibility index (Phi) is 9.39. The number of imidazole rings is 1. The molecule has 0 aliphatic carbocycles. The van der Waals surface area contributed by atoms with Crippen LogP contribution in [0.3, 0.4) is 0 Å². The first-order valence-electron chi connectivity index (χ1n) is 11.5. The molecule has 0 spiro atoms. The third kappa shape index (κ3) is 7.83. The van der Waals surface area contributed by atoms with Gasteiger partial charge < -0.3 is 18.8 Å². The number of ether oxygens (including phenoxy) is 3. The molecule has 2 heterocycles. The van der Waals surface area contributed by atoms with Gasteiger partial charge in [-0.25, -0.2) is 4.98 Å². The molecular weight excluding hydrogens is 530 g/mol. The maximum Gasteiger partial charge on any atom is 0.160 e. The Bertz CT molecular complexity index is 1050. The lowest BCUT2D eigenvalue weighted by atomic mass is 10.1. The average molecular weight is 558 g/mol. The summed E-state index contributed by atoms with van der Waals surface area (Å²) in [4.78, 5) is 4.10. The number of hydrogen-bond acceptors (Lipinski definition) is 4. The summed E-state index contributed by atoms with van der Waals surface area (Å²) in [5.74, 6) is 0. The highest BCUT2D eigenvalue weighted by Crippen LogP contribution is 2.35. The fourth-order valence-corrected chi connectivity index (χ4v) is 4.96. The number of nitrogens with zero attached hydrogens (tertiary/aromatic N) is 2. The smallest absolute Gasteiger partial charge is 0.160 e. The van der Waals surface area contributed by atoms with Crippen molar-refractivity contribution in [3.8, 4) is 0 Å². The van der Waals surface area contributed by atoms with E-state index in [1.165, 1.54) is 0 Å². The summed E-state index contributed by atoms with van der Waals surface area (Å²) in [6, 6.07) is 15.1. The Morgan fingerprint density at radius 3 is 2.43 bits per heavy atom. The minimum atomic E-state index is -0.907. The van der Waals surface area contributed by atoms with Gasteiger partial charge in [-0.05, 0) is 61.6 Å². The lowest BCUT2D eigenvalue weighted by Gasteiger charge is -2.35. The van der Waals surface area contributed by atoms with E-state index in [0.29, 0.717) is 23.1 Å². The van der Waals surface area contributed by atoms with Gasteiger partial charge in [-0.1, -0.05) is 70.7 Å². The van der Waals surface area contributed by atoms with E-state index >= 15 is 0 Å². The molecule has 1 aromatic heterocycles. The molecule has 0 N–H and O–H groups in total. The zero-order valence-corrected chi connectivity index (χ0v) is 22.4. The number of halogens is 4. The molecule has 188 valence electrons. The van der Waals surface area contributed by atoms with Crippen LogP contribution in [0.4, 0.5) is 0 Å². The van der Waals surface area contributed by atoms with Crippen LogP contribution in [0.15, 0.2) is 67.3 Å². The molecule has 4 rings (SSSR count). The second-order valence-corrected chi connectivity index (χ2v) is 10.9.